The van der Waals surface area contributed by atoms with Crippen LogP contribution in [0.1, 0.15) is 46.0 Å². The summed E-state index contributed by atoms with van der Waals surface area (Å²) >= 11 is 3.96. The Kier molecular flexibility index (Phi) is 5.31. The summed E-state index contributed by atoms with van der Waals surface area (Å²) in [5.74, 6) is 1.24. The van der Waals surface area contributed by atoms with Crippen LogP contribution < -0.4 is 5.32 Å². The number of amidine groups is 1. The van der Waals surface area contributed by atoms with Gasteiger partial charge in [0.25, 0.3) is 0 Å². The molecule has 1 fully saturated rings. The molecule has 0 bridgehead atoms. The number of nitrogens with one attached hydrogen (secondary N) is 1. The van der Waals surface area contributed by atoms with Crippen LogP contribution in [0.3, 0.4) is 0 Å². The molecule has 0 aromatic rings. The average Bonchev–Trinajstić information content (AvgIpc) is 2.87. The molecule has 2 unspecified atom stereocenters. The van der Waals surface area contributed by atoms with Crippen LogP contribution in [0.2, 0.25) is 0 Å². The van der Waals surface area contributed by atoms with Gasteiger partial charge in [-0.2, -0.15) is 11.8 Å². The Labute approximate surface area is 120 Å². The Balaban J connectivity index is 1.90. The van der Waals surface area contributed by atoms with Crippen molar-refractivity contribution < 1.29 is 0 Å². The molecule has 1 saturated carbocycles. The molecule has 0 spiro atoms. The third kappa shape index (κ3) is 3.19. The lowest BCUT2D eigenvalue weighted by atomic mass is 9.84. The first kappa shape index (κ1) is 14.6. The van der Waals surface area contributed by atoms with E-state index >= 15 is 0 Å². The van der Waals surface area contributed by atoms with Gasteiger partial charge >= 0.3 is 0 Å². The molecule has 0 aromatic carbocycles. The molecule has 18 heavy (non-hydrogen) atoms. The highest BCUT2D eigenvalue weighted by atomic mass is 32.2. The van der Waals surface area contributed by atoms with Crippen LogP contribution in [0.15, 0.2) is 4.99 Å². The van der Waals surface area contributed by atoms with Gasteiger partial charge in [-0.1, -0.05) is 32.0 Å². The molecular formula is C14H26N2S2. The lowest BCUT2D eigenvalue weighted by Crippen LogP contribution is -2.41. The van der Waals surface area contributed by atoms with Crippen molar-refractivity contribution in [2.45, 2.75) is 57.2 Å². The summed E-state index contributed by atoms with van der Waals surface area (Å²) < 4.78 is 0. The Morgan fingerprint density at radius 1 is 1.39 bits per heavy atom. The average molecular weight is 287 g/mol. The molecule has 2 aliphatic rings. The Morgan fingerprint density at radius 2 is 2.17 bits per heavy atom. The SMILES string of the molecule is CCC1(CC)CN=C(NC2CCCC2SC)SC1. The maximum atomic E-state index is 4.82. The van der Waals surface area contributed by atoms with Gasteiger partial charge in [-0.05, 0) is 37.4 Å². The first-order chi connectivity index (χ1) is 8.73. The molecule has 4 heteroatoms. The lowest BCUT2D eigenvalue weighted by Gasteiger charge is -2.34. The van der Waals surface area contributed by atoms with Crippen molar-refractivity contribution in [1.82, 2.24) is 5.32 Å². The van der Waals surface area contributed by atoms with Crippen molar-refractivity contribution in [1.29, 1.82) is 0 Å². The highest BCUT2D eigenvalue weighted by Crippen LogP contribution is 2.36. The van der Waals surface area contributed by atoms with Crippen LogP contribution in [0, 0.1) is 5.41 Å². The van der Waals surface area contributed by atoms with E-state index in [0.717, 1.165) is 11.8 Å². The van der Waals surface area contributed by atoms with Gasteiger partial charge in [-0.25, -0.2) is 0 Å². The van der Waals surface area contributed by atoms with Crippen molar-refractivity contribution in [2.75, 3.05) is 18.6 Å². The first-order valence-electron chi connectivity index (χ1n) is 7.19. The topological polar surface area (TPSA) is 24.4 Å². The van der Waals surface area contributed by atoms with Gasteiger partial charge in [0.15, 0.2) is 5.17 Å². The first-order valence-corrected chi connectivity index (χ1v) is 9.47. The second-order valence-corrected chi connectivity index (χ2v) is 7.61. The summed E-state index contributed by atoms with van der Waals surface area (Å²) in [6.07, 6.45) is 8.80. The molecule has 0 amide bonds. The molecule has 1 N–H and O–H groups in total. The van der Waals surface area contributed by atoms with Crippen molar-refractivity contribution >= 4 is 28.7 Å². The van der Waals surface area contributed by atoms with Gasteiger partial charge in [0.2, 0.25) is 0 Å². The van der Waals surface area contributed by atoms with Crippen molar-refractivity contribution in [3.05, 3.63) is 0 Å². The van der Waals surface area contributed by atoms with Crippen LogP contribution in [-0.2, 0) is 0 Å². The fraction of sp³-hybridized carbons (Fsp3) is 0.929. The largest absolute Gasteiger partial charge is 0.361 e. The predicted molar refractivity (Wildman–Crippen MR) is 85.9 cm³/mol. The predicted octanol–water partition coefficient (Wildman–Crippen LogP) is 3.77. The number of aliphatic imine (C=N–C) groups is 1. The van der Waals surface area contributed by atoms with Gasteiger partial charge in [-0.15, -0.1) is 0 Å². The van der Waals surface area contributed by atoms with Gasteiger partial charge in [0.05, 0.1) is 0 Å². The molecule has 1 aliphatic carbocycles. The number of hydrogen-bond donors (Lipinski definition) is 1. The minimum atomic E-state index is 0.463. The minimum absolute atomic E-state index is 0.463. The zero-order valence-corrected chi connectivity index (χ0v) is 13.5. The quantitative estimate of drug-likeness (QED) is 0.851. The monoisotopic (exact) mass is 286 g/mol. The van der Waals surface area contributed by atoms with E-state index in [4.69, 9.17) is 4.99 Å². The smallest absolute Gasteiger partial charge is 0.156 e. The van der Waals surface area contributed by atoms with E-state index in [9.17, 15) is 0 Å². The number of hydrogen-bond acceptors (Lipinski definition) is 4. The molecule has 0 aromatic heterocycles. The van der Waals surface area contributed by atoms with Gasteiger partial charge in [0, 0.05) is 23.6 Å². The maximum absolute atomic E-state index is 4.82. The van der Waals surface area contributed by atoms with E-state index in [2.05, 4.69) is 25.4 Å². The molecule has 2 rings (SSSR count). The maximum Gasteiger partial charge on any atom is 0.156 e. The zero-order valence-electron chi connectivity index (χ0n) is 11.9. The number of rotatable bonds is 4. The van der Waals surface area contributed by atoms with Crippen molar-refractivity contribution in [2.24, 2.45) is 10.4 Å². The Hall–Kier alpha value is 0.170. The molecule has 0 saturated heterocycles. The molecule has 104 valence electrons. The molecular weight excluding hydrogens is 260 g/mol. The summed E-state index contributed by atoms with van der Waals surface area (Å²) in [6.45, 7) is 5.63. The number of nitrogens with zero attached hydrogens (tertiary/aromatic N) is 1. The molecule has 2 atom stereocenters. The van der Waals surface area contributed by atoms with E-state index in [0.29, 0.717) is 11.5 Å². The summed E-state index contributed by atoms with van der Waals surface area (Å²) in [5, 5.41) is 5.69. The highest BCUT2D eigenvalue weighted by molar-refractivity contribution is 8.13. The minimum Gasteiger partial charge on any atom is -0.361 e. The van der Waals surface area contributed by atoms with E-state index in [1.807, 2.05) is 23.5 Å². The summed E-state index contributed by atoms with van der Waals surface area (Å²) in [7, 11) is 0. The third-order valence-electron chi connectivity index (χ3n) is 4.64. The molecule has 2 nitrogen and oxygen atoms in total. The summed E-state index contributed by atoms with van der Waals surface area (Å²) in [6, 6.07) is 0.655. The molecule has 0 radical (unpaired) electrons. The normalized spacial score (nSPS) is 31.2. The van der Waals surface area contributed by atoms with Crippen LogP contribution in [0.25, 0.3) is 0 Å². The molecule has 1 heterocycles. The second kappa shape index (κ2) is 6.56. The van der Waals surface area contributed by atoms with Crippen molar-refractivity contribution in [3.63, 3.8) is 0 Å². The van der Waals surface area contributed by atoms with E-state index in [1.165, 1.54) is 43.0 Å². The fourth-order valence-electron chi connectivity index (χ4n) is 2.85. The van der Waals surface area contributed by atoms with Crippen LogP contribution in [-0.4, -0.2) is 35.0 Å². The summed E-state index contributed by atoms with van der Waals surface area (Å²) in [5.41, 5.74) is 0.463. The van der Waals surface area contributed by atoms with Gasteiger partial charge < -0.3 is 5.32 Å². The Bertz CT molecular complexity index is 300. The van der Waals surface area contributed by atoms with E-state index < -0.39 is 0 Å². The fourth-order valence-corrected chi connectivity index (χ4v) is 5.12. The van der Waals surface area contributed by atoms with Crippen molar-refractivity contribution in [3.8, 4) is 0 Å². The van der Waals surface area contributed by atoms with Gasteiger partial charge in [0.1, 0.15) is 0 Å². The van der Waals surface area contributed by atoms with Crippen LogP contribution >= 0.6 is 23.5 Å². The summed E-state index contributed by atoms with van der Waals surface area (Å²) in [4.78, 5) is 4.82. The zero-order chi connectivity index (χ0) is 13.0. The van der Waals surface area contributed by atoms with E-state index in [-0.39, 0.29) is 0 Å². The van der Waals surface area contributed by atoms with Crippen LogP contribution in [0.4, 0.5) is 0 Å². The van der Waals surface area contributed by atoms with Crippen LogP contribution in [0.5, 0.6) is 0 Å². The standard InChI is InChI=1S/C14H26N2S2/c1-4-14(5-2)9-15-13(18-10-14)16-11-7-6-8-12(11)17-3/h11-12H,4-10H2,1-3H3,(H,15,16). The number of thioether (sulfide) groups is 2. The Morgan fingerprint density at radius 3 is 2.72 bits per heavy atom. The molecule has 1 aliphatic heterocycles. The second-order valence-electron chi connectivity index (χ2n) is 5.57. The third-order valence-corrected chi connectivity index (χ3v) is 7.08. The van der Waals surface area contributed by atoms with Gasteiger partial charge in [-0.3, -0.25) is 4.99 Å². The van der Waals surface area contributed by atoms with E-state index in [1.54, 1.807) is 0 Å². The lowest BCUT2D eigenvalue weighted by molar-refractivity contribution is 0.318. The highest BCUT2D eigenvalue weighted by Gasteiger charge is 2.32.